The van der Waals surface area contributed by atoms with Crippen molar-refractivity contribution in [3.05, 3.63) is 35.4 Å². The van der Waals surface area contributed by atoms with E-state index in [4.69, 9.17) is 10.7 Å². The Morgan fingerprint density at radius 3 is 2.65 bits per heavy atom. The number of rotatable bonds is 1. The van der Waals surface area contributed by atoms with Gasteiger partial charge in [-0.05, 0) is 43.2 Å². The zero-order valence-electron chi connectivity index (χ0n) is 9.65. The van der Waals surface area contributed by atoms with Crippen molar-refractivity contribution in [2.75, 3.05) is 5.73 Å². The molecule has 4 heteroatoms. The van der Waals surface area contributed by atoms with Gasteiger partial charge in [0.1, 0.15) is 5.01 Å². The first-order chi connectivity index (χ1) is 8.13. The van der Waals surface area contributed by atoms with E-state index < -0.39 is 0 Å². The molecule has 2 aromatic heterocycles. The van der Waals surface area contributed by atoms with Crippen molar-refractivity contribution in [3.63, 3.8) is 0 Å². The fourth-order valence-electron chi connectivity index (χ4n) is 1.85. The minimum Gasteiger partial charge on any atom is -0.391 e. The molecule has 3 aromatic rings. The monoisotopic (exact) mass is 260 g/mol. The third-order valence-electron chi connectivity index (χ3n) is 2.67. The number of benzene rings is 1. The lowest BCUT2D eigenvalue weighted by Crippen LogP contribution is -1.74. The number of nitrogen functional groups attached to an aromatic ring is 1. The van der Waals surface area contributed by atoms with Gasteiger partial charge in [-0.2, -0.15) is 0 Å². The van der Waals surface area contributed by atoms with Crippen LogP contribution < -0.4 is 5.73 Å². The highest BCUT2D eigenvalue weighted by Gasteiger charge is 2.11. The summed E-state index contributed by atoms with van der Waals surface area (Å²) in [6.45, 7) is 4.17. The first-order valence-corrected chi connectivity index (χ1v) is 7.00. The van der Waals surface area contributed by atoms with Gasteiger partial charge in [0.05, 0.1) is 20.1 Å². The first-order valence-electron chi connectivity index (χ1n) is 5.37. The summed E-state index contributed by atoms with van der Waals surface area (Å²) >= 11 is 3.34. The van der Waals surface area contributed by atoms with Gasteiger partial charge < -0.3 is 5.73 Å². The second-order valence-corrected chi connectivity index (χ2v) is 6.27. The van der Waals surface area contributed by atoms with Crippen LogP contribution in [0.15, 0.2) is 24.3 Å². The number of thiophene rings is 1. The molecule has 0 radical (unpaired) electrons. The van der Waals surface area contributed by atoms with E-state index in [1.54, 1.807) is 22.7 Å². The molecule has 0 fully saturated rings. The summed E-state index contributed by atoms with van der Waals surface area (Å²) in [5.41, 5.74) is 9.37. The number of hydrogen-bond acceptors (Lipinski definition) is 4. The number of hydrogen-bond donors (Lipinski definition) is 1. The second-order valence-electron chi connectivity index (χ2n) is 4.15. The van der Waals surface area contributed by atoms with Gasteiger partial charge in [0.15, 0.2) is 0 Å². The highest BCUT2D eigenvalue weighted by Crippen LogP contribution is 2.38. The molecule has 2 heterocycles. The zero-order valence-corrected chi connectivity index (χ0v) is 11.3. The number of nitrogens with zero attached hydrogens (tertiary/aromatic N) is 1. The summed E-state index contributed by atoms with van der Waals surface area (Å²) in [7, 11) is 0. The van der Waals surface area contributed by atoms with E-state index >= 15 is 0 Å². The van der Waals surface area contributed by atoms with Gasteiger partial charge in [0.25, 0.3) is 0 Å². The van der Waals surface area contributed by atoms with E-state index in [-0.39, 0.29) is 0 Å². The summed E-state index contributed by atoms with van der Waals surface area (Å²) in [5, 5.41) is 1.93. The Labute approximate surface area is 108 Å². The van der Waals surface area contributed by atoms with Crippen LogP contribution in [0.2, 0.25) is 0 Å². The Morgan fingerprint density at radius 1 is 1.12 bits per heavy atom. The fraction of sp³-hybridized carbons (Fsp3) is 0.154. The minimum absolute atomic E-state index is 0.855. The second kappa shape index (κ2) is 3.82. The van der Waals surface area contributed by atoms with Crippen LogP contribution in [0.4, 0.5) is 5.00 Å². The van der Waals surface area contributed by atoms with Crippen LogP contribution in [0.25, 0.3) is 20.1 Å². The number of thiazole rings is 1. The molecule has 86 valence electrons. The molecule has 0 saturated heterocycles. The van der Waals surface area contributed by atoms with Crippen LogP contribution in [0, 0.1) is 13.8 Å². The Balaban J connectivity index is 2.21. The van der Waals surface area contributed by atoms with Gasteiger partial charge in [-0.1, -0.05) is 6.07 Å². The van der Waals surface area contributed by atoms with E-state index in [9.17, 15) is 0 Å². The van der Waals surface area contributed by atoms with Crippen molar-refractivity contribution in [3.8, 4) is 9.88 Å². The molecule has 0 aliphatic heterocycles. The maximum Gasteiger partial charge on any atom is 0.134 e. The third-order valence-corrected chi connectivity index (χ3v) is 4.93. The maximum absolute atomic E-state index is 5.83. The topological polar surface area (TPSA) is 38.9 Å². The lowest BCUT2D eigenvalue weighted by atomic mass is 10.2. The van der Waals surface area contributed by atoms with E-state index in [1.165, 1.54) is 20.7 Å². The SMILES string of the molecule is Cc1ccc2sc(-c3sc(N)cc3C)nc2c1. The Kier molecular flexibility index (Phi) is 2.42. The summed E-state index contributed by atoms with van der Waals surface area (Å²) < 4.78 is 1.23. The summed E-state index contributed by atoms with van der Waals surface area (Å²) in [6, 6.07) is 8.40. The number of fused-ring (bicyclic) bond motifs is 1. The van der Waals surface area contributed by atoms with Gasteiger partial charge in [0.2, 0.25) is 0 Å². The molecule has 17 heavy (non-hydrogen) atoms. The first kappa shape index (κ1) is 10.7. The Morgan fingerprint density at radius 2 is 1.94 bits per heavy atom. The van der Waals surface area contributed by atoms with Crippen LogP contribution >= 0.6 is 22.7 Å². The zero-order chi connectivity index (χ0) is 12.0. The summed E-state index contributed by atoms with van der Waals surface area (Å²) in [4.78, 5) is 5.89. The molecule has 2 nitrogen and oxygen atoms in total. The highest BCUT2D eigenvalue weighted by molar-refractivity contribution is 7.26. The summed E-state index contributed by atoms with van der Waals surface area (Å²) in [5.74, 6) is 0. The molecule has 0 amide bonds. The molecule has 0 aliphatic carbocycles. The molecular weight excluding hydrogens is 248 g/mol. The van der Waals surface area contributed by atoms with Crippen molar-refractivity contribution in [2.24, 2.45) is 0 Å². The number of anilines is 1. The Hall–Kier alpha value is -1.39. The van der Waals surface area contributed by atoms with E-state index in [0.717, 1.165) is 15.5 Å². The molecule has 0 saturated carbocycles. The van der Waals surface area contributed by atoms with E-state index in [2.05, 4.69) is 32.0 Å². The highest BCUT2D eigenvalue weighted by atomic mass is 32.1. The normalized spacial score (nSPS) is 11.2. The molecule has 0 bridgehead atoms. The summed E-state index contributed by atoms with van der Waals surface area (Å²) in [6.07, 6.45) is 0. The van der Waals surface area contributed by atoms with Gasteiger partial charge in [-0.15, -0.1) is 22.7 Å². The van der Waals surface area contributed by atoms with Gasteiger partial charge in [-0.3, -0.25) is 0 Å². The quantitative estimate of drug-likeness (QED) is 0.711. The van der Waals surface area contributed by atoms with Crippen molar-refractivity contribution in [1.29, 1.82) is 0 Å². The number of aryl methyl sites for hydroxylation is 2. The van der Waals surface area contributed by atoms with E-state index in [1.807, 2.05) is 6.07 Å². The molecule has 2 N–H and O–H groups in total. The molecule has 0 unspecified atom stereocenters. The predicted octanol–water partition coefficient (Wildman–Crippen LogP) is 4.22. The fourth-order valence-corrected chi connectivity index (χ4v) is 3.88. The van der Waals surface area contributed by atoms with Crippen LogP contribution in [0.1, 0.15) is 11.1 Å². The van der Waals surface area contributed by atoms with Crippen molar-refractivity contribution < 1.29 is 0 Å². The van der Waals surface area contributed by atoms with Crippen LogP contribution in [0.3, 0.4) is 0 Å². The molecular formula is C13H12N2S2. The van der Waals surface area contributed by atoms with Gasteiger partial charge in [0, 0.05) is 0 Å². The van der Waals surface area contributed by atoms with Crippen molar-refractivity contribution in [1.82, 2.24) is 4.98 Å². The van der Waals surface area contributed by atoms with E-state index in [0.29, 0.717) is 0 Å². The lowest BCUT2D eigenvalue weighted by molar-refractivity contribution is 1.44. The molecule has 0 spiro atoms. The van der Waals surface area contributed by atoms with Crippen LogP contribution in [-0.4, -0.2) is 4.98 Å². The molecule has 3 rings (SSSR count). The third kappa shape index (κ3) is 1.83. The Bertz CT molecular complexity index is 695. The average Bonchev–Trinajstić information content (AvgIpc) is 2.80. The van der Waals surface area contributed by atoms with Crippen molar-refractivity contribution >= 4 is 37.9 Å². The number of aromatic nitrogens is 1. The van der Waals surface area contributed by atoms with Gasteiger partial charge in [-0.25, -0.2) is 4.98 Å². The molecule has 1 aromatic carbocycles. The van der Waals surface area contributed by atoms with Crippen LogP contribution in [-0.2, 0) is 0 Å². The van der Waals surface area contributed by atoms with Crippen LogP contribution in [0.5, 0.6) is 0 Å². The number of nitrogens with two attached hydrogens (primary N) is 1. The molecule has 0 aliphatic rings. The minimum atomic E-state index is 0.855. The standard InChI is InChI=1S/C13H12N2S2/c1-7-3-4-10-9(5-7)15-13(16-10)12-8(2)6-11(14)17-12/h3-6H,14H2,1-2H3. The average molecular weight is 260 g/mol. The maximum atomic E-state index is 5.83. The van der Waals surface area contributed by atoms with Gasteiger partial charge >= 0.3 is 0 Å². The molecule has 0 atom stereocenters. The lowest BCUT2D eigenvalue weighted by Gasteiger charge is -1.90. The largest absolute Gasteiger partial charge is 0.391 e. The predicted molar refractivity (Wildman–Crippen MR) is 76.8 cm³/mol. The van der Waals surface area contributed by atoms with Crippen molar-refractivity contribution in [2.45, 2.75) is 13.8 Å². The smallest absolute Gasteiger partial charge is 0.134 e.